The van der Waals surface area contributed by atoms with Crippen LogP contribution in [0.15, 0.2) is 24.4 Å². The van der Waals surface area contributed by atoms with Crippen LogP contribution in [0.4, 0.5) is 5.82 Å². The lowest BCUT2D eigenvalue weighted by Crippen LogP contribution is -2.28. The van der Waals surface area contributed by atoms with E-state index in [1.807, 2.05) is 24.4 Å². The fourth-order valence-corrected chi connectivity index (χ4v) is 2.90. The van der Waals surface area contributed by atoms with Crippen LogP contribution in [0, 0.1) is 0 Å². The number of fused-ring (bicyclic) bond motifs is 2. The van der Waals surface area contributed by atoms with E-state index < -0.39 is 0 Å². The molecule has 2 aliphatic rings. The van der Waals surface area contributed by atoms with Gasteiger partial charge in [-0.1, -0.05) is 0 Å². The zero-order valence-electron chi connectivity index (χ0n) is 11.0. The molecule has 20 heavy (non-hydrogen) atoms. The van der Waals surface area contributed by atoms with Crippen LogP contribution in [0.5, 0.6) is 11.5 Å². The molecule has 1 fully saturated rings. The van der Waals surface area contributed by atoms with Crippen molar-refractivity contribution < 1.29 is 9.47 Å². The van der Waals surface area contributed by atoms with Gasteiger partial charge >= 0.3 is 0 Å². The molecule has 1 aromatic carbocycles. The monoisotopic (exact) mass is 290 g/mol. The van der Waals surface area contributed by atoms with E-state index in [4.69, 9.17) is 21.1 Å². The maximum Gasteiger partial charge on any atom is 0.231 e. The van der Waals surface area contributed by atoms with Crippen molar-refractivity contribution in [3.8, 4) is 11.5 Å². The van der Waals surface area contributed by atoms with Gasteiger partial charge in [-0.15, -0.1) is 11.6 Å². The highest BCUT2D eigenvalue weighted by atomic mass is 35.5. The smallest absolute Gasteiger partial charge is 0.231 e. The molecule has 1 aliphatic heterocycles. The van der Waals surface area contributed by atoms with E-state index in [0.29, 0.717) is 18.7 Å². The van der Waals surface area contributed by atoms with E-state index in [0.717, 1.165) is 34.6 Å². The van der Waals surface area contributed by atoms with Crippen molar-refractivity contribution in [2.24, 2.45) is 0 Å². The number of pyridine rings is 1. The highest BCUT2D eigenvalue weighted by Gasteiger charge is 2.30. The minimum atomic E-state index is 0.294. The predicted molar refractivity (Wildman–Crippen MR) is 79.0 cm³/mol. The van der Waals surface area contributed by atoms with E-state index in [2.05, 4.69) is 9.88 Å². The second-order valence-corrected chi connectivity index (χ2v) is 5.55. The minimum Gasteiger partial charge on any atom is -0.454 e. The Morgan fingerprint density at radius 3 is 2.80 bits per heavy atom. The summed E-state index contributed by atoms with van der Waals surface area (Å²) < 4.78 is 10.9. The van der Waals surface area contributed by atoms with Crippen LogP contribution in [0.1, 0.15) is 12.8 Å². The van der Waals surface area contributed by atoms with Gasteiger partial charge in [-0.25, -0.2) is 4.98 Å². The molecular weight excluding hydrogens is 276 g/mol. The molecule has 2 aromatic rings. The summed E-state index contributed by atoms with van der Waals surface area (Å²) in [7, 11) is 0. The van der Waals surface area contributed by atoms with Gasteiger partial charge in [-0.05, 0) is 36.4 Å². The van der Waals surface area contributed by atoms with Gasteiger partial charge in [0.15, 0.2) is 11.5 Å². The molecule has 0 bridgehead atoms. The normalized spacial score (nSPS) is 16.6. The molecule has 104 valence electrons. The highest BCUT2D eigenvalue weighted by Crippen LogP contribution is 2.40. The average Bonchev–Trinajstić information content (AvgIpc) is 3.20. The van der Waals surface area contributed by atoms with Gasteiger partial charge in [0.05, 0.1) is 0 Å². The highest BCUT2D eigenvalue weighted by molar-refractivity contribution is 6.18. The van der Waals surface area contributed by atoms with Gasteiger partial charge in [-0.2, -0.15) is 0 Å². The Balaban J connectivity index is 1.85. The lowest BCUT2D eigenvalue weighted by molar-refractivity contribution is 0.174. The van der Waals surface area contributed by atoms with Crippen molar-refractivity contribution in [2.75, 3.05) is 24.1 Å². The summed E-state index contributed by atoms with van der Waals surface area (Å²) in [5, 5.41) is 2.23. The topological polar surface area (TPSA) is 34.6 Å². The first-order chi connectivity index (χ1) is 9.86. The Morgan fingerprint density at radius 1 is 1.25 bits per heavy atom. The first kappa shape index (κ1) is 12.1. The largest absolute Gasteiger partial charge is 0.454 e. The third-order valence-corrected chi connectivity index (χ3v) is 3.99. The number of aromatic nitrogens is 1. The maximum atomic E-state index is 5.95. The molecule has 4 nitrogen and oxygen atoms in total. The number of nitrogens with zero attached hydrogens (tertiary/aromatic N) is 2. The maximum absolute atomic E-state index is 5.95. The van der Waals surface area contributed by atoms with Crippen LogP contribution in [0.25, 0.3) is 10.8 Å². The van der Waals surface area contributed by atoms with E-state index in [1.165, 1.54) is 12.8 Å². The summed E-state index contributed by atoms with van der Waals surface area (Å²) in [4.78, 5) is 6.90. The molecule has 0 atom stereocenters. The summed E-state index contributed by atoms with van der Waals surface area (Å²) in [6.45, 7) is 1.12. The van der Waals surface area contributed by atoms with Crippen molar-refractivity contribution >= 4 is 28.2 Å². The number of rotatable bonds is 4. The predicted octanol–water partition coefficient (Wildman–Crippen LogP) is 3.17. The number of alkyl halides is 1. The average molecular weight is 291 g/mol. The quantitative estimate of drug-likeness (QED) is 0.810. The molecular formula is C15H15ClN2O2. The Hall–Kier alpha value is -1.68. The van der Waals surface area contributed by atoms with Crippen LogP contribution in [-0.2, 0) is 0 Å². The van der Waals surface area contributed by atoms with Crippen molar-refractivity contribution in [1.82, 2.24) is 4.98 Å². The molecule has 1 aliphatic carbocycles. The summed E-state index contributed by atoms with van der Waals surface area (Å²) >= 11 is 5.95. The molecule has 0 spiro atoms. The molecule has 0 N–H and O–H groups in total. The van der Waals surface area contributed by atoms with E-state index in [1.54, 1.807) is 0 Å². The van der Waals surface area contributed by atoms with E-state index in [9.17, 15) is 0 Å². The van der Waals surface area contributed by atoms with Crippen LogP contribution < -0.4 is 14.4 Å². The number of benzene rings is 1. The first-order valence-electron chi connectivity index (χ1n) is 6.88. The van der Waals surface area contributed by atoms with E-state index in [-0.39, 0.29) is 0 Å². The molecule has 5 heteroatoms. The van der Waals surface area contributed by atoms with Crippen molar-refractivity contribution in [3.05, 3.63) is 24.4 Å². The van der Waals surface area contributed by atoms with Crippen LogP contribution in [-0.4, -0.2) is 30.2 Å². The summed E-state index contributed by atoms with van der Waals surface area (Å²) in [5.41, 5.74) is 0. The van der Waals surface area contributed by atoms with Crippen LogP contribution >= 0.6 is 11.6 Å². The standard InChI is InChI=1S/C15H15ClN2O2/c16-4-6-18(11-1-2-11)15-12-8-14-13(19-9-20-14)7-10(12)3-5-17-15/h3,5,7-8,11H,1-2,4,6,9H2. The molecule has 1 aromatic heterocycles. The zero-order chi connectivity index (χ0) is 13.5. The van der Waals surface area contributed by atoms with Gasteiger partial charge in [0.2, 0.25) is 6.79 Å². The Bertz CT molecular complexity index is 658. The number of ether oxygens (including phenoxy) is 2. The molecule has 0 unspecified atom stereocenters. The van der Waals surface area contributed by atoms with Crippen LogP contribution in [0.3, 0.4) is 0 Å². The van der Waals surface area contributed by atoms with E-state index >= 15 is 0 Å². The number of hydrogen-bond donors (Lipinski definition) is 0. The molecule has 2 heterocycles. The lowest BCUT2D eigenvalue weighted by atomic mass is 10.1. The Morgan fingerprint density at radius 2 is 2.05 bits per heavy atom. The number of halogens is 1. The molecule has 0 radical (unpaired) electrons. The summed E-state index contributed by atoms with van der Waals surface area (Å²) in [6, 6.07) is 6.64. The fourth-order valence-electron chi connectivity index (χ4n) is 2.71. The second-order valence-electron chi connectivity index (χ2n) is 5.17. The number of anilines is 1. The van der Waals surface area contributed by atoms with Crippen molar-refractivity contribution in [3.63, 3.8) is 0 Å². The third-order valence-electron chi connectivity index (χ3n) is 3.82. The minimum absolute atomic E-state index is 0.294. The SMILES string of the molecule is ClCCN(c1nccc2cc3c(cc12)OCO3)C1CC1. The van der Waals surface area contributed by atoms with Gasteiger partial charge in [0.1, 0.15) is 5.82 Å². The van der Waals surface area contributed by atoms with Gasteiger partial charge in [-0.3, -0.25) is 0 Å². The van der Waals surface area contributed by atoms with Crippen molar-refractivity contribution in [1.29, 1.82) is 0 Å². The summed E-state index contributed by atoms with van der Waals surface area (Å²) in [6.07, 6.45) is 4.29. The Kier molecular flexibility index (Phi) is 2.84. The summed E-state index contributed by atoms with van der Waals surface area (Å²) in [5.74, 6) is 3.22. The number of hydrogen-bond acceptors (Lipinski definition) is 4. The molecule has 1 saturated carbocycles. The fraction of sp³-hybridized carbons (Fsp3) is 0.400. The second kappa shape index (κ2) is 4.70. The van der Waals surface area contributed by atoms with Gasteiger partial charge in [0, 0.05) is 30.0 Å². The first-order valence-corrected chi connectivity index (χ1v) is 7.41. The third kappa shape index (κ3) is 1.95. The Labute approximate surface area is 122 Å². The van der Waals surface area contributed by atoms with Crippen molar-refractivity contribution in [2.45, 2.75) is 18.9 Å². The zero-order valence-corrected chi connectivity index (χ0v) is 11.8. The van der Waals surface area contributed by atoms with Crippen LogP contribution in [0.2, 0.25) is 0 Å². The molecule has 0 saturated heterocycles. The molecule has 4 rings (SSSR count). The molecule has 0 amide bonds. The lowest BCUT2D eigenvalue weighted by Gasteiger charge is -2.23. The van der Waals surface area contributed by atoms with Gasteiger partial charge < -0.3 is 14.4 Å². The van der Waals surface area contributed by atoms with Gasteiger partial charge in [0.25, 0.3) is 0 Å².